The number of hydrogen-bond donors (Lipinski definition) is 1. The van der Waals surface area contributed by atoms with Crippen molar-refractivity contribution in [1.29, 1.82) is 0 Å². The molecule has 1 aliphatic rings. The third-order valence-corrected chi connectivity index (χ3v) is 7.06. The summed E-state index contributed by atoms with van der Waals surface area (Å²) in [5.74, 6) is 0. The number of likely N-dealkylation sites (N-methyl/N-ethyl adjacent to an activating group) is 1. The molecule has 1 N–H and O–H groups in total. The number of benzene rings is 2. The van der Waals surface area contributed by atoms with Gasteiger partial charge in [0.05, 0.1) is 37.6 Å². The van der Waals surface area contributed by atoms with E-state index < -0.39 is 6.10 Å². The Bertz CT molecular complexity index is 769. The van der Waals surface area contributed by atoms with E-state index >= 15 is 0 Å². The van der Waals surface area contributed by atoms with Crippen LogP contribution in [0.4, 0.5) is 0 Å². The molecule has 1 saturated carbocycles. The standard InChI is InChI=1S/C30H45NO3/c1-3-4-5-6-7-8-9-16-21-31(2)29-27(33-23-25-17-12-10-13-18-25)22-28(30(29)32)34-24-26-19-14-11-15-20-26/h10-15,17-20,27-30,32H,3-9,16,21-24H2,1-2H3. The van der Waals surface area contributed by atoms with E-state index in [9.17, 15) is 5.11 Å². The van der Waals surface area contributed by atoms with Gasteiger partial charge < -0.3 is 14.6 Å². The molecule has 4 nitrogen and oxygen atoms in total. The fourth-order valence-corrected chi connectivity index (χ4v) is 5.02. The minimum Gasteiger partial charge on any atom is -0.389 e. The second-order valence-electron chi connectivity index (χ2n) is 9.84. The molecule has 1 fully saturated rings. The van der Waals surface area contributed by atoms with E-state index in [0.29, 0.717) is 19.6 Å². The molecule has 188 valence electrons. The summed E-state index contributed by atoms with van der Waals surface area (Å²) in [5.41, 5.74) is 2.29. The van der Waals surface area contributed by atoms with E-state index in [-0.39, 0.29) is 18.2 Å². The maximum atomic E-state index is 11.2. The van der Waals surface area contributed by atoms with Crippen molar-refractivity contribution >= 4 is 0 Å². The lowest BCUT2D eigenvalue weighted by Gasteiger charge is -2.32. The molecule has 0 aromatic heterocycles. The lowest BCUT2D eigenvalue weighted by molar-refractivity contribution is -0.0532. The van der Waals surface area contributed by atoms with Gasteiger partial charge in [-0.05, 0) is 31.1 Å². The summed E-state index contributed by atoms with van der Waals surface area (Å²) < 4.78 is 12.6. The van der Waals surface area contributed by atoms with E-state index in [1.54, 1.807) is 0 Å². The summed E-state index contributed by atoms with van der Waals surface area (Å²) in [7, 11) is 2.13. The Balaban J connectivity index is 1.51. The van der Waals surface area contributed by atoms with Crippen LogP contribution in [0.5, 0.6) is 0 Å². The normalized spacial score (nSPS) is 22.5. The molecule has 0 heterocycles. The third-order valence-electron chi connectivity index (χ3n) is 7.06. The molecule has 0 bridgehead atoms. The van der Waals surface area contributed by atoms with Gasteiger partial charge >= 0.3 is 0 Å². The minimum atomic E-state index is -0.552. The van der Waals surface area contributed by atoms with Crippen molar-refractivity contribution < 1.29 is 14.6 Å². The van der Waals surface area contributed by atoms with Gasteiger partial charge in [0.1, 0.15) is 0 Å². The largest absolute Gasteiger partial charge is 0.389 e. The fraction of sp³-hybridized carbons (Fsp3) is 0.600. The summed E-state index contributed by atoms with van der Waals surface area (Å²) >= 11 is 0. The number of rotatable bonds is 16. The first kappa shape index (κ1) is 26.9. The Morgan fingerprint density at radius 1 is 0.735 bits per heavy atom. The molecule has 4 heteroatoms. The highest BCUT2D eigenvalue weighted by atomic mass is 16.5. The first-order valence-electron chi connectivity index (χ1n) is 13.4. The van der Waals surface area contributed by atoms with Crippen molar-refractivity contribution in [2.75, 3.05) is 13.6 Å². The van der Waals surface area contributed by atoms with E-state index in [1.165, 1.54) is 44.9 Å². The predicted molar refractivity (Wildman–Crippen MR) is 140 cm³/mol. The number of aliphatic hydroxyl groups excluding tert-OH is 1. The van der Waals surface area contributed by atoms with Gasteiger partial charge in [0.15, 0.2) is 0 Å². The van der Waals surface area contributed by atoms with Gasteiger partial charge in [0.25, 0.3) is 0 Å². The molecular weight excluding hydrogens is 422 g/mol. The van der Waals surface area contributed by atoms with Crippen molar-refractivity contribution in [3.8, 4) is 0 Å². The maximum absolute atomic E-state index is 11.2. The topological polar surface area (TPSA) is 41.9 Å². The van der Waals surface area contributed by atoms with Crippen LogP contribution in [0.25, 0.3) is 0 Å². The van der Waals surface area contributed by atoms with Crippen LogP contribution in [0.2, 0.25) is 0 Å². The average Bonchev–Trinajstić information content (AvgIpc) is 3.19. The smallest absolute Gasteiger partial charge is 0.0982 e. The molecule has 3 rings (SSSR count). The Kier molecular flexibility index (Phi) is 12.1. The Labute approximate surface area is 207 Å². The molecule has 4 unspecified atom stereocenters. The molecule has 0 amide bonds. The lowest BCUT2D eigenvalue weighted by Crippen LogP contribution is -2.47. The molecule has 34 heavy (non-hydrogen) atoms. The predicted octanol–water partition coefficient (Wildman–Crippen LogP) is 6.36. The number of unbranched alkanes of at least 4 members (excludes halogenated alkanes) is 7. The average molecular weight is 468 g/mol. The molecule has 0 spiro atoms. The summed E-state index contributed by atoms with van der Waals surface area (Å²) in [6.45, 7) is 4.32. The van der Waals surface area contributed by atoms with E-state index in [1.807, 2.05) is 36.4 Å². The number of aliphatic hydroxyl groups is 1. The second-order valence-corrected chi connectivity index (χ2v) is 9.84. The summed E-state index contributed by atoms with van der Waals surface area (Å²) in [5, 5.41) is 11.2. The fourth-order valence-electron chi connectivity index (χ4n) is 5.02. The van der Waals surface area contributed by atoms with Crippen molar-refractivity contribution in [3.63, 3.8) is 0 Å². The first-order valence-corrected chi connectivity index (χ1v) is 13.4. The van der Waals surface area contributed by atoms with Crippen LogP contribution in [0.15, 0.2) is 60.7 Å². The van der Waals surface area contributed by atoms with Crippen molar-refractivity contribution in [3.05, 3.63) is 71.8 Å². The molecule has 1 aliphatic carbocycles. The zero-order valence-electron chi connectivity index (χ0n) is 21.3. The van der Waals surface area contributed by atoms with Gasteiger partial charge in [-0.3, -0.25) is 4.90 Å². The van der Waals surface area contributed by atoms with Gasteiger partial charge in [-0.25, -0.2) is 0 Å². The lowest BCUT2D eigenvalue weighted by atomic mass is 10.1. The number of nitrogens with zero attached hydrogens (tertiary/aromatic N) is 1. The summed E-state index contributed by atoms with van der Waals surface area (Å²) in [6, 6.07) is 20.4. The highest BCUT2D eigenvalue weighted by molar-refractivity contribution is 5.14. The highest BCUT2D eigenvalue weighted by Crippen LogP contribution is 2.31. The van der Waals surface area contributed by atoms with Gasteiger partial charge in [0.2, 0.25) is 0 Å². The molecule has 4 atom stereocenters. The molecule has 0 aliphatic heterocycles. The number of ether oxygens (including phenoxy) is 2. The van der Waals surface area contributed by atoms with Crippen LogP contribution in [0, 0.1) is 0 Å². The Morgan fingerprint density at radius 2 is 1.24 bits per heavy atom. The van der Waals surface area contributed by atoms with Crippen molar-refractivity contribution in [2.24, 2.45) is 0 Å². The molecule has 2 aromatic rings. The zero-order chi connectivity index (χ0) is 24.0. The molecule has 0 radical (unpaired) electrons. The van der Waals surface area contributed by atoms with Gasteiger partial charge in [0, 0.05) is 6.42 Å². The van der Waals surface area contributed by atoms with E-state index in [2.05, 4.69) is 43.1 Å². The SMILES string of the molecule is CCCCCCCCCCN(C)C1C(OCc2ccccc2)CC(OCc2ccccc2)C1O. The zero-order valence-corrected chi connectivity index (χ0v) is 21.3. The molecule has 2 aromatic carbocycles. The van der Waals surface area contributed by atoms with Crippen LogP contribution < -0.4 is 0 Å². The molecular formula is C30H45NO3. The maximum Gasteiger partial charge on any atom is 0.0982 e. The van der Waals surface area contributed by atoms with Crippen LogP contribution in [-0.2, 0) is 22.7 Å². The Morgan fingerprint density at radius 3 is 1.79 bits per heavy atom. The monoisotopic (exact) mass is 467 g/mol. The summed E-state index contributed by atoms with van der Waals surface area (Å²) in [6.07, 6.45) is 10.4. The minimum absolute atomic E-state index is 0.0463. The second kappa shape index (κ2) is 15.3. The summed E-state index contributed by atoms with van der Waals surface area (Å²) in [4.78, 5) is 2.31. The molecule has 0 saturated heterocycles. The van der Waals surface area contributed by atoms with Crippen molar-refractivity contribution in [2.45, 2.75) is 102 Å². The number of hydrogen-bond acceptors (Lipinski definition) is 4. The highest BCUT2D eigenvalue weighted by Gasteiger charge is 2.45. The van der Waals surface area contributed by atoms with Crippen LogP contribution in [0.3, 0.4) is 0 Å². The quantitative estimate of drug-likeness (QED) is 0.292. The van der Waals surface area contributed by atoms with Crippen LogP contribution in [0.1, 0.15) is 75.8 Å². The Hall–Kier alpha value is -1.72. The van der Waals surface area contributed by atoms with Crippen LogP contribution in [-0.4, -0.2) is 48.0 Å². The van der Waals surface area contributed by atoms with E-state index in [4.69, 9.17) is 9.47 Å². The third kappa shape index (κ3) is 8.81. The first-order chi connectivity index (χ1) is 16.7. The van der Waals surface area contributed by atoms with Gasteiger partial charge in [-0.1, -0.05) is 113 Å². The van der Waals surface area contributed by atoms with E-state index in [0.717, 1.165) is 24.1 Å². The van der Waals surface area contributed by atoms with Crippen molar-refractivity contribution in [1.82, 2.24) is 4.90 Å². The van der Waals surface area contributed by atoms with Gasteiger partial charge in [-0.15, -0.1) is 0 Å². The van der Waals surface area contributed by atoms with Gasteiger partial charge in [-0.2, -0.15) is 0 Å². The van der Waals surface area contributed by atoms with Crippen LogP contribution >= 0.6 is 0 Å².